The fraction of sp³-hybridized carbons (Fsp3) is 0.640. The molecular formula is C25H34ClF3N2O2. The molecule has 4 nitrogen and oxygen atoms in total. The summed E-state index contributed by atoms with van der Waals surface area (Å²) in [5.41, 5.74) is 1.16. The van der Waals surface area contributed by atoms with Crippen molar-refractivity contribution < 1.29 is 22.7 Å². The first-order valence-corrected chi connectivity index (χ1v) is 11.9. The zero-order valence-electron chi connectivity index (χ0n) is 20.1. The average Bonchev–Trinajstić information content (AvgIpc) is 3.05. The van der Waals surface area contributed by atoms with E-state index in [9.17, 15) is 18.0 Å². The van der Waals surface area contributed by atoms with Gasteiger partial charge in [0, 0.05) is 35.6 Å². The largest absolute Gasteiger partial charge is 0.573 e. The lowest BCUT2D eigenvalue weighted by Gasteiger charge is -2.46. The molecule has 0 aliphatic carbocycles. The first-order chi connectivity index (χ1) is 15.2. The van der Waals surface area contributed by atoms with Gasteiger partial charge in [0.2, 0.25) is 5.91 Å². The normalized spacial score (nSPS) is 23.1. The van der Waals surface area contributed by atoms with Crippen LogP contribution in [0.15, 0.2) is 18.3 Å². The molecule has 0 saturated carbocycles. The molecule has 1 aromatic carbocycles. The highest BCUT2D eigenvalue weighted by atomic mass is 35.5. The quantitative estimate of drug-likeness (QED) is 0.471. The van der Waals surface area contributed by atoms with Crippen molar-refractivity contribution in [3.63, 3.8) is 0 Å². The van der Waals surface area contributed by atoms with Gasteiger partial charge in [0.1, 0.15) is 0 Å². The number of likely N-dealkylation sites (tertiary alicyclic amines) is 1. The van der Waals surface area contributed by atoms with Gasteiger partial charge in [-0.2, -0.15) is 0 Å². The summed E-state index contributed by atoms with van der Waals surface area (Å²) in [6, 6.07) is 3.27. The Balaban J connectivity index is 1.89. The van der Waals surface area contributed by atoms with Crippen molar-refractivity contribution in [1.29, 1.82) is 0 Å². The first kappa shape index (κ1) is 25.7. The van der Waals surface area contributed by atoms with E-state index in [4.69, 9.17) is 11.6 Å². The number of halogens is 4. The van der Waals surface area contributed by atoms with Crippen LogP contribution in [0.1, 0.15) is 78.7 Å². The Morgan fingerprint density at radius 3 is 2.52 bits per heavy atom. The van der Waals surface area contributed by atoms with E-state index in [1.54, 1.807) is 12.3 Å². The van der Waals surface area contributed by atoms with Crippen molar-refractivity contribution in [2.45, 2.75) is 91.6 Å². The van der Waals surface area contributed by atoms with Crippen LogP contribution in [0.4, 0.5) is 13.2 Å². The fourth-order valence-electron chi connectivity index (χ4n) is 5.34. The molecule has 4 atom stereocenters. The van der Waals surface area contributed by atoms with Crippen molar-refractivity contribution in [3.05, 3.63) is 28.9 Å². The second kappa shape index (κ2) is 9.40. The van der Waals surface area contributed by atoms with Crippen molar-refractivity contribution in [2.24, 2.45) is 11.3 Å². The van der Waals surface area contributed by atoms with Gasteiger partial charge < -0.3 is 14.6 Å². The lowest BCUT2D eigenvalue weighted by Crippen LogP contribution is -2.52. The highest BCUT2D eigenvalue weighted by Crippen LogP contribution is 2.42. The van der Waals surface area contributed by atoms with Crippen LogP contribution in [0.2, 0.25) is 5.02 Å². The summed E-state index contributed by atoms with van der Waals surface area (Å²) in [5.74, 6) is -0.164. The number of fused-ring (bicyclic) bond motifs is 1. The number of hydrogen-bond donors (Lipinski definition) is 1. The Hall–Kier alpha value is -1.89. The van der Waals surface area contributed by atoms with Crippen molar-refractivity contribution >= 4 is 28.4 Å². The third-order valence-electron chi connectivity index (χ3n) is 6.43. The number of nitrogens with zero attached hydrogens (tertiary/aromatic N) is 1. The summed E-state index contributed by atoms with van der Waals surface area (Å²) >= 11 is 6.07. The van der Waals surface area contributed by atoms with Crippen LogP contribution in [0, 0.1) is 11.3 Å². The number of alkyl halides is 3. The summed E-state index contributed by atoms with van der Waals surface area (Å²) in [7, 11) is 0. The van der Waals surface area contributed by atoms with Gasteiger partial charge in [-0.3, -0.25) is 4.79 Å². The summed E-state index contributed by atoms with van der Waals surface area (Å²) in [6.07, 6.45) is -0.193. The van der Waals surface area contributed by atoms with E-state index in [2.05, 4.69) is 44.3 Å². The molecule has 8 heteroatoms. The number of aromatic nitrogens is 1. The molecule has 3 rings (SSSR count). The van der Waals surface area contributed by atoms with Gasteiger partial charge in [-0.25, -0.2) is 0 Å². The van der Waals surface area contributed by atoms with E-state index in [1.807, 2.05) is 11.8 Å². The second-order valence-electron chi connectivity index (χ2n) is 10.8. The van der Waals surface area contributed by atoms with E-state index in [-0.39, 0.29) is 46.2 Å². The molecule has 0 radical (unpaired) electrons. The third-order valence-corrected chi connectivity index (χ3v) is 6.73. The van der Waals surface area contributed by atoms with Crippen LogP contribution >= 0.6 is 11.6 Å². The molecule has 2 heterocycles. The van der Waals surface area contributed by atoms with Gasteiger partial charge in [0.25, 0.3) is 0 Å². The van der Waals surface area contributed by atoms with Gasteiger partial charge in [0.15, 0.2) is 5.75 Å². The zero-order chi connectivity index (χ0) is 24.7. The molecule has 1 aliphatic heterocycles. The fourth-order valence-corrected chi connectivity index (χ4v) is 5.54. The first-order valence-electron chi connectivity index (χ1n) is 11.5. The minimum absolute atomic E-state index is 0.0332. The topological polar surface area (TPSA) is 45.3 Å². The Morgan fingerprint density at radius 1 is 1.24 bits per heavy atom. The lowest BCUT2D eigenvalue weighted by molar-refractivity contribution is -0.274. The van der Waals surface area contributed by atoms with Gasteiger partial charge in [-0.1, -0.05) is 46.2 Å². The Kier molecular flexibility index (Phi) is 7.33. The molecular weight excluding hydrogens is 453 g/mol. The van der Waals surface area contributed by atoms with Crippen LogP contribution in [0.25, 0.3) is 10.9 Å². The highest BCUT2D eigenvalue weighted by molar-refractivity contribution is 6.33. The molecule has 1 N–H and O–H groups in total. The van der Waals surface area contributed by atoms with Crippen LogP contribution in [0.3, 0.4) is 0 Å². The maximum Gasteiger partial charge on any atom is 0.573 e. The maximum absolute atomic E-state index is 13.5. The van der Waals surface area contributed by atoms with Crippen molar-refractivity contribution in [1.82, 2.24) is 9.88 Å². The van der Waals surface area contributed by atoms with Crippen LogP contribution < -0.4 is 4.74 Å². The predicted octanol–water partition coefficient (Wildman–Crippen LogP) is 7.67. The Morgan fingerprint density at radius 2 is 1.91 bits per heavy atom. The summed E-state index contributed by atoms with van der Waals surface area (Å²) in [5, 5.41) is 0.148. The number of carbonyl (C=O) groups is 1. The molecule has 1 amide bonds. The number of ether oxygens (including phenoxy) is 1. The van der Waals surface area contributed by atoms with Crippen LogP contribution in [-0.2, 0) is 4.79 Å². The smallest absolute Gasteiger partial charge is 0.403 e. The number of amides is 1. The monoisotopic (exact) mass is 486 g/mol. The number of H-pyrrole nitrogens is 1. The van der Waals surface area contributed by atoms with Crippen LogP contribution in [0.5, 0.6) is 5.75 Å². The predicted molar refractivity (Wildman–Crippen MR) is 126 cm³/mol. The lowest BCUT2D eigenvalue weighted by atomic mass is 9.79. The van der Waals surface area contributed by atoms with E-state index >= 15 is 0 Å². The SMILES string of the molecule is CC1CC(C)N(C(=O)CC(C)c2c[nH]c3ccc(Cl)c(OC(F)(F)F)c23)C(CC(C)(C)C)C1. The number of piperidine rings is 1. The van der Waals surface area contributed by atoms with E-state index < -0.39 is 12.1 Å². The number of carbonyl (C=O) groups excluding carboxylic acids is 1. The third kappa shape index (κ3) is 6.17. The maximum atomic E-state index is 13.5. The number of nitrogens with one attached hydrogen (secondary N) is 1. The number of benzene rings is 1. The summed E-state index contributed by atoms with van der Waals surface area (Å²) in [6.45, 7) is 12.7. The van der Waals surface area contributed by atoms with Gasteiger partial charge in [-0.05, 0) is 61.1 Å². The molecule has 184 valence electrons. The molecule has 1 fully saturated rings. The summed E-state index contributed by atoms with van der Waals surface area (Å²) < 4.78 is 43.4. The molecule has 1 saturated heterocycles. The van der Waals surface area contributed by atoms with Gasteiger partial charge in [-0.15, -0.1) is 13.2 Å². The standard InChI is InChI=1S/C25H34ClF3N2O2/c1-14-9-16(3)31(17(10-14)12-24(4,5)6)21(32)11-15(2)18-13-30-20-8-7-19(26)23(22(18)20)33-25(27,28)29/h7-8,13-17,30H,9-12H2,1-6H3. The van der Waals surface area contributed by atoms with Crippen molar-refractivity contribution in [3.8, 4) is 5.75 Å². The average molecular weight is 487 g/mol. The number of rotatable bonds is 5. The minimum atomic E-state index is -4.87. The Bertz CT molecular complexity index is 996. The number of aromatic amines is 1. The highest BCUT2D eigenvalue weighted by Gasteiger charge is 2.38. The molecule has 4 unspecified atom stereocenters. The number of hydrogen-bond acceptors (Lipinski definition) is 2. The van der Waals surface area contributed by atoms with E-state index in [1.165, 1.54) is 6.07 Å². The zero-order valence-corrected chi connectivity index (χ0v) is 20.9. The Labute approximate surface area is 198 Å². The molecule has 1 aromatic heterocycles. The van der Waals surface area contributed by atoms with Crippen molar-refractivity contribution in [2.75, 3.05) is 0 Å². The summed E-state index contributed by atoms with van der Waals surface area (Å²) in [4.78, 5) is 18.5. The van der Waals surface area contributed by atoms with E-state index in [0.717, 1.165) is 19.3 Å². The van der Waals surface area contributed by atoms with E-state index in [0.29, 0.717) is 17.0 Å². The minimum Gasteiger partial charge on any atom is -0.403 e. The van der Waals surface area contributed by atoms with Crippen LogP contribution in [-0.4, -0.2) is 34.2 Å². The van der Waals surface area contributed by atoms with Gasteiger partial charge >= 0.3 is 6.36 Å². The molecule has 1 aliphatic rings. The molecule has 2 aromatic rings. The van der Waals surface area contributed by atoms with Gasteiger partial charge in [0.05, 0.1) is 5.02 Å². The molecule has 33 heavy (non-hydrogen) atoms. The second-order valence-corrected chi connectivity index (χ2v) is 11.2. The molecule has 0 spiro atoms. The molecule has 0 bridgehead atoms.